The minimum atomic E-state index is -0.723. The second-order valence-corrected chi connectivity index (χ2v) is 9.51. The molecule has 2 aliphatic heterocycles. The number of aliphatic carboxylic acids is 1. The summed E-state index contributed by atoms with van der Waals surface area (Å²) in [5, 5.41) is 14.7. The predicted octanol–water partition coefficient (Wildman–Crippen LogP) is 4.59. The molecule has 2 aliphatic rings. The average Bonchev–Trinajstić information content (AvgIpc) is 3.23. The highest BCUT2D eigenvalue weighted by Gasteiger charge is 2.26. The fourth-order valence-electron chi connectivity index (χ4n) is 4.56. The summed E-state index contributed by atoms with van der Waals surface area (Å²) in [7, 11) is 0. The number of hydrogen-bond acceptors (Lipinski definition) is 6. The highest BCUT2D eigenvalue weighted by atomic mass is 79.9. The quantitative estimate of drug-likeness (QED) is 0.535. The number of carbonyl (C=O) groups is 1. The molecule has 3 N–H and O–H groups in total. The highest BCUT2D eigenvalue weighted by Crippen LogP contribution is 2.36. The molecule has 0 radical (unpaired) electrons. The Hall–Kier alpha value is -3.20. The fraction of sp³-hybridized carbons (Fsp3) is 0.333. The lowest BCUT2D eigenvalue weighted by molar-refractivity contribution is -0.138. The van der Waals surface area contributed by atoms with E-state index in [1.54, 1.807) is 10.9 Å². The molecule has 170 valence electrons. The van der Waals surface area contributed by atoms with Crippen LogP contribution in [-0.2, 0) is 4.79 Å². The Morgan fingerprint density at radius 1 is 1.18 bits per heavy atom. The van der Waals surface area contributed by atoms with Gasteiger partial charge in [0.1, 0.15) is 11.7 Å². The molecule has 0 unspecified atom stereocenters. The second kappa shape index (κ2) is 8.97. The molecular formula is C24H25BrN6O2. The summed E-state index contributed by atoms with van der Waals surface area (Å²) >= 11 is 3.64. The van der Waals surface area contributed by atoms with Crippen molar-refractivity contribution in [1.82, 2.24) is 19.7 Å². The number of rotatable bonds is 3. The molecular weight excluding hydrogens is 484 g/mol. The van der Waals surface area contributed by atoms with Crippen LogP contribution in [0.1, 0.15) is 32.1 Å². The molecule has 5 rings (SSSR count). The molecule has 3 aromatic rings. The lowest BCUT2D eigenvalue weighted by Gasteiger charge is -2.34. The summed E-state index contributed by atoms with van der Waals surface area (Å²) in [6, 6.07) is 10.1. The van der Waals surface area contributed by atoms with Crippen LogP contribution in [0.25, 0.3) is 27.9 Å². The zero-order valence-corrected chi connectivity index (χ0v) is 19.7. The molecule has 0 atom stereocenters. The van der Waals surface area contributed by atoms with Crippen molar-refractivity contribution in [3.05, 3.63) is 47.2 Å². The molecule has 0 spiro atoms. The van der Waals surface area contributed by atoms with E-state index >= 15 is 0 Å². The molecule has 9 heteroatoms. The molecule has 2 aromatic heterocycles. The molecule has 0 aliphatic carbocycles. The van der Waals surface area contributed by atoms with Crippen molar-refractivity contribution < 1.29 is 9.90 Å². The maximum Gasteiger partial charge on any atom is 0.303 e. The van der Waals surface area contributed by atoms with Gasteiger partial charge in [0.15, 0.2) is 5.82 Å². The zero-order valence-electron chi connectivity index (χ0n) is 18.1. The van der Waals surface area contributed by atoms with Crippen molar-refractivity contribution in [2.24, 2.45) is 16.6 Å². The normalized spacial score (nSPS) is 21.2. The van der Waals surface area contributed by atoms with Gasteiger partial charge in [-0.05, 0) is 37.3 Å². The van der Waals surface area contributed by atoms with E-state index in [2.05, 4.69) is 37.0 Å². The van der Waals surface area contributed by atoms with Gasteiger partial charge in [0.25, 0.3) is 0 Å². The van der Waals surface area contributed by atoms with E-state index in [-0.39, 0.29) is 12.3 Å². The number of para-hydroxylation sites is 1. The van der Waals surface area contributed by atoms with Gasteiger partial charge in [-0.15, -0.1) is 0 Å². The number of piperidine rings is 1. The Balaban J connectivity index is 1.52. The van der Waals surface area contributed by atoms with Crippen molar-refractivity contribution in [1.29, 1.82) is 0 Å². The van der Waals surface area contributed by atoms with Gasteiger partial charge in [-0.3, -0.25) is 9.78 Å². The number of likely N-dealkylation sites (tertiary alicyclic amines) is 1. The van der Waals surface area contributed by atoms with Crippen molar-refractivity contribution in [3.8, 4) is 11.1 Å². The van der Waals surface area contributed by atoms with Gasteiger partial charge < -0.3 is 15.7 Å². The molecule has 0 bridgehead atoms. The number of benzene rings is 1. The summed E-state index contributed by atoms with van der Waals surface area (Å²) in [5.41, 5.74) is 9.15. The van der Waals surface area contributed by atoms with E-state index in [1.165, 1.54) is 0 Å². The standard InChI is InChI=1S/C24H25BrN6O2/c25-19-5-6-21(30-9-7-15(8-10-30)11-22(32)33)29-24-18(14-28-31(24)23(19)26)17-12-16-3-1-2-4-20(16)27-13-17/h1-4,12-15H,5-11,26H2,(H,32,33)/b23-19+,29-21+. The molecule has 0 saturated carbocycles. The van der Waals surface area contributed by atoms with Gasteiger partial charge in [-0.25, -0.2) is 4.99 Å². The molecule has 1 saturated heterocycles. The Morgan fingerprint density at radius 2 is 1.97 bits per heavy atom. The molecule has 8 nitrogen and oxygen atoms in total. The summed E-state index contributed by atoms with van der Waals surface area (Å²) in [6.07, 6.45) is 7.05. The van der Waals surface area contributed by atoms with E-state index in [0.29, 0.717) is 11.6 Å². The first-order valence-electron chi connectivity index (χ1n) is 11.1. The Bertz CT molecular complexity index is 1270. The highest BCUT2D eigenvalue weighted by molar-refractivity contribution is 9.11. The molecule has 4 heterocycles. The number of amidine groups is 1. The first-order chi connectivity index (χ1) is 16.0. The monoisotopic (exact) mass is 508 g/mol. The molecule has 1 aromatic carbocycles. The van der Waals surface area contributed by atoms with Crippen LogP contribution in [0.2, 0.25) is 0 Å². The van der Waals surface area contributed by atoms with Crippen molar-refractivity contribution in [2.75, 3.05) is 13.1 Å². The first kappa shape index (κ1) is 21.6. The summed E-state index contributed by atoms with van der Waals surface area (Å²) < 4.78 is 2.58. The third-order valence-corrected chi connectivity index (χ3v) is 7.20. The van der Waals surface area contributed by atoms with Crippen LogP contribution in [0.15, 0.2) is 52.2 Å². The van der Waals surface area contributed by atoms with E-state index in [9.17, 15) is 4.79 Å². The van der Waals surface area contributed by atoms with Gasteiger partial charge in [-0.2, -0.15) is 9.78 Å². The minimum absolute atomic E-state index is 0.222. The van der Waals surface area contributed by atoms with Crippen molar-refractivity contribution in [3.63, 3.8) is 0 Å². The third-order valence-electron chi connectivity index (χ3n) is 6.40. The lowest BCUT2D eigenvalue weighted by Crippen LogP contribution is -2.39. The van der Waals surface area contributed by atoms with Gasteiger partial charge in [0.05, 0.1) is 11.7 Å². The van der Waals surface area contributed by atoms with Crippen LogP contribution in [0.3, 0.4) is 0 Å². The predicted molar refractivity (Wildman–Crippen MR) is 132 cm³/mol. The fourth-order valence-corrected chi connectivity index (χ4v) is 4.93. The van der Waals surface area contributed by atoms with E-state index in [4.69, 9.17) is 15.8 Å². The SMILES string of the molecule is N/C1=C(\Br)CC/C(N2CCC(CC(=O)O)CC2)=N\c2c(-c3cnc4ccccc4c3)cnn21. The second-order valence-electron chi connectivity index (χ2n) is 8.56. The van der Waals surface area contributed by atoms with Crippen molar-refractivity contribution in [2.45, 2.75) is 32.1 Å². The number of pyridine rings is 1. The van der Waals surface area contributed by atoms with Gasteiger partial charge in [-0.1, -0.05) is 34.1 Å². The first-order valence-corrected chi connectivity index (χ1v) is 11.9. The minimum Gasteiger partial charge on any atom is -0.481 e. The molecule has 33 heavy (non-hydrogen) atoms. The summed E-state index contributed by atoms with van der Waals surface area (Å²) in [5.74, 6) is 1.69. The number of nitrogens with two attached hydrogens (primary N) is 1. The van der Waals surface area contributed by atoms with Gasteiger partial charge >= 0.3 is 5.97 Å². The number of carboxylic acids is 1. The number of nitrogens with zero attached hydrogens (tertiary/aromatic N) is 5. The number of aromatic nitrogens is 3. The smallest absolute Gasteiger partial charge is 0.303 e. The van der Waals surface area contributed by atoms with Crippen LogP contribution >= 0.6 is 15.9 Å². The number of carboxylic acid groups (broad SMARTS) is 1. The van der Waals surface area contributed by atoms with Crippen LogP contribution in [-0.4, -0.2) is 49.7 Å². The summed E-state index contributed by atoms with van der Waals surface area (Å²) in [4.78, 5) is 23.0. The van der Waals surface area contributed by atoms with Crippen LogP contribution in [0.5, 0.6) is 0 Å². The Labute approximate surface area is 199 Å². The molecule has 0 amide bonds. The number of allylic oxidation sites excluding steroid dienone is 1. The Kier molecular flexibility index (Phi) is 5.88. The number of aliphatic imine (C=N–C) groups is 1. The summed E-state index contributed by atoms with van der Waals surface area (Å²) in [6.45, 7) is 1.60. The van der Waals surface area contributed by atoms with Crippen molar-refractivity contribution >= 4 is 50.3 Å². The maximum atomic E-state index is 11.1. The Morgan fingerprint density at radius 3 is 2.76 bits per heavy atom. The average molecular weight is 509 g/mol. The van der Waals surface area contributed by atoms with Gasteiger partial charge in [0.2, 0.25) is 0 Å². The lowest BCUT2D eigenvalue weighted by atomic mass is 9.93. The zero-order chi connectivity index (χ0) is 22.9. The van der Waals surface area contributed by atoms with E-state index in [0.717, 1.165) is 71.1 Å². The van der Waals surface area contributed by atoms with Crippen LogP contribution in [0.4, 0.5) is 5.82 Å². The van der Waals surface area contributed by atoms with Crippen LogP contribution in [0, 0.1) is 5.92 Å². The number of halogens is 1. The van der Waals surface area contributed by atoms with E-state index < -0.39 is 5.97 Å². The third kappa shape index (κ3) is 4.37. The topological polar surface area (TPSA) is 110 Å². The number of hydrogen-bond donors (Lipinski definition) is 2. The maximum absolute atomic E-state index is 11.1. The molecule has 1 fully saturated rings. The van der Waals surface area contributed by atoms with Gasteiger partial charge in [0, 0.05) is 53.1 Å². The van der Waals surface area contributed by atoms with Crippen LogP contribution < -0.4 is 5.73 Å². The largest absolute Gasteiger partial charge is 0.481 e. The number of fused-ring (bicyclic) bond motifs is 2. The van der Waals surface area contributed by atoms with E-state index in [1.807, 2.05) is 30.5 Å².